The van der Waals surface area contributed by atoms with Crippen molar-refractivity contribution >= 4 is 5.69 Å². The van der Waals surface area contributed by atoms with Gasteiger partial charge in [0.1, 0.15) is 18.1 Å². The first-order valence-electron chi connectivity index (χ1n) is 10.1. The molecule has 0 aliphatic carbocycles. The largest absolute Gasteiger partial charge is 0.493 e. The third-order valence-electron chi connectivity index (χ3n) is 4.57. The molecule has 0 fully saturated rings. The maximum atomic E-state index is 6.04. The fraction of sp³-hybridized carbons (Fsp3) is 0.280. The van der Waals surface area contributed by atoms with Gasteiger partial charge in [0.05, 0.1) is 12.3 Å². The molecule has 28 heavy (non-hydrogen) atoms. The van der Waals surface area contributed by atoms with Crippen molar-refractivity contribution in [2.24, 2.45) is 0 Å². The van der Waals surface area contributed by atoms with Crippen LogP contribution in [0, 0.1) is 0 Å². The number of ether oxygens (including phenoxy) is 2. The Bertz CT molecular complexity index is 833. The molecule has 0 aliphatic rings. The molecule has 0 saturated heterocycles. The predicted molar refractivity (Wildman–Crippen MR) is 116 cm³/mol. The summed E-state index contributed by atoms with van der Waals surface area (Å²) in [5, 5.41) is 3.50. The molecular formula is C25H29NO2. The molecule has 0 spiro atoms. The second kappa shape index (κ2) is 11.0. The van der Waals surface area contributed by atoms with Crippen molar-refractivity contribution in [3.05, 3.63) is 90.0 Å². The number of unbranched alkanes of at least 4 members (excludes halogenated alkanes) is 2. The molecule has 0 amide bonds. The Labute approximate surface area is 168 Å². The normalized spacial score (nSPS) is 10.5. The predicted octanol–water partition coefficient (Wildman–Crippen LogP) is 6.45. The van der Waals surface area contributed by atoms with Crippen LogP contribution in [-0.2, 0) is 13.2 Å². The van der Waals surface area contributed by atoms with Crippen molar-refractivity contribution < 1.29 is 9.47 Å². The Hall–Kier alpha value is -2.94. The van der Waals surface area contributed by atoms with Crippen LogP contribution >= 0.6 is 0 Å². The van der Waals surface area contributed by atoms with Gasteiger partial charge in [-0.2, -0.15) is 0 Å². The Morgan fingerprint density at radius 1 is 0.714 bits per heavy atom. The van der Waals surface area contributed by atoms with E-state index in [0.29, 0.717) is 13.2 Å². The summed E-state index contributed by atoms with van der Waals surface area (Å²) in [6.45, 7) is 4.21. The van der Waals surface area contributed by atoms with Crippen LogP contribution in [-0.4, -0.2) is 6.61 Å². The van der Waals surface area contributed by atoms with Crippen LogP contribution in [0.2, 0.25) is 0 Å². The molecule has 3 aromatic carbocycles. The lowest BCUT2D eigenvalue weighted by Crippen LogP contribution is -2.06. The van der Waals surface area contributed by atoms with Crippen LogP contribution in [0.1, 0.15) is 37.3 Å². The fourth-order valence-corrected chi connectivity index (χ4v) is 2.99. The highest BCUT2D eigenvalue weighted by molar-refractivity contribution is 5.56. The van der Waals surface area contributed by atoms with E-state index < -0.39 is 0 Å². The molecule has 3 nitrogen and oxygen atoms in total. The highest BCUT2D eigenvalue weighted by Crippen LogP contribution is 2.27. The maximum Gasteiger partial charge on any atom is 0.142 e. The van der Waals surface area contributed by atoms with E-state index in [9.17, 15) is 0 Å². The molecule has 0 aromatic heterocycles. The van der Waals surface area contributed by atoms with Gasteiger partial charge < -0.3 is 14.8 Å². The van der Waals surface area contributed by atoms with Gasteiger partial charge in [-0.05, 0) is 30.2 Å². The Morgan fingerprint density at radius 3 is 2.25 bits per heavy atom. The zero-order chi connectivity index (χ0) is 19.4. The van der Waals surface area contributed by atoms with Gasteiger partial charge in [0.25, 0.3) is 0 Å². The second-order valence-corrected chi connectivity index (χ2v) is 6.79. The van der Waals surface area contributed by atoms with E-state index in [1.165, 1.54) is 12.8 Å². The number of benzene rings is 3. The van der Waals surface area contributed by atoms with Gasteiger partial charge in [0, 0.05) is 12.1 Å². The topological polar surface area (TPSA) is 30.5 Å². The summed E-state index contributed by atoms with van der Waals surface area (Å²) in [6, 6.07) is 26.5. The Kier molecular flexibility index (Phi) is 7.80. The van der Waals surface area contributed by atoms with E-state index in [0.717, 1.165) is 41.3 Å². The summed E-state index contributed by atoms with van der Waals surface area (Å²) in [7, 11) is 0. The molecule has 0 radical (unpaired) electrons. The standard InChI is InChI=1S/C25H29NO2/c1-2-3-11-18-27-24-16-9-7-14-22(24)19-26-23-15-8-10-17-25(23)28-20-21-12-5-4-6-13-21/h4-10,12-17,26H,2-3,11,18-20H2,1H3. The van der Waals surface area contributed by atoms with Gasteiger partial charge in [-0.25, -0.2) is 0 Å². The summed E-state index contributed by atoms with van der Waals surface area (Å²) in [6.07, 6.45) is 3.49. The van der Waals surface area contributed by atoms with Crippen molar-refractivity contribution in [1.29, 1.82) is 0 Å². The molecule has 0 saturated carbocycles. The average Bonchev–Trinajstić information content (AvgIpc) is 2.76. The highest BCUT2D eigenvalue weighted by atomic mass is 16.5. The molecule has 0 unspecified atom stereocenters. The monoisotopic (exact) mass is 375 g/mol. The summed E-state index contributed by atoms with van der Waals surface area (Å²) in [5.41, 5.74) is 3.29. The van der Waals surface area contributed by atoms with Crippen molar-refractivity contribution in [2.75, 3.05) is 11.9 Å². The Morgan fingerprint density at radius 2 is 1.43 bits per heavy atom. The maximum absolute atomic E-state index is 6.04. The van der Waals surface area contributed by atoms with Gasteiger partial charge >= 0.3 is 0 Å². The third-order valence-corrected chi connectivity index (χ3v) is 4.57. The van der Waals surface area contributed by atoms with E-state index in [1.54, 1.807) is 0 Å². The van der Waals surface area contributed by atoms with E-state index in [4.69, 9.17) is 9.47 Å². The van der Waals surface area contributed by atoms with E-state index in [1.807, 2.05) is 60.7 Å². The van der Waals surface area contributed by atoms with Gasteiger partial charge in [-0.15, -0.1) is 0 Å². The van der Waals surface area contributed by atoms with Crippen molar-refractivity contribution in [1.82, 2.24) is 0 Å². The van der Waals surface area contributed by atoms with Crippen LogP contribution in [0.5, 0.6) is 11.5 Å². The second-order valence-electron chi connectivity index (χ2n) is 6.79. The van der Waals surface area contributed by atoms with E-state index in [2.05, 4.69) is 30.4 Å². The highest BCUT2D eigenvalue weighted by Gasteiger charge is 2.06. The fourth-order valence-electron chi connectivity index (χ4n) is 2.99. The summed E-state index contributed by atoms with van der Waals surface area (Å²) in [4.78, 5) is 0. The molecule has 3 rings (SSSR count). The van der Waals surface area contributed by atoms with Crippen molar-refractivity contribution in [3.8, 4) is 11.5 Å². The average molecular weight is 376 g/mol. The van der Waals surface area contributed by atoms with Crippen LogP contribution < -0.4 is 14.8 Å². The Balaban J connectivity index is 1.60. The molecule has 3 heteroatoms. The zero-order valence-electron chi connectivity index (χ0n) is 16.6. The number of rotatable bonds is 11. The number of hydrogen-bond donors (Lipinski definition) is 1. The summed E-state index contributed by atoms with van der Waals surface area (Å²) < 4.78 is 12.0. The van der Waals surface area contributed by atoms with Crippen molar-refractivity contribution in [2.45, 2.75) is 39.3 Å². The molecule has 0 atom stereocenters. The number of para-hydroxylation sites is 3. The quantitative estimate of drug-likeness (QED) is 0.391. The SMILES string of the molecule is CCCCCOc1ccccc1CNc1ccccc1OCc1ccccc1. The molecular weight excluding hydrogens is 346 g/mol. The molecule has 146 valence electrons. The minimum absolute atomic E-state index is 0.552. The van der Waals surface area contributed by atoms with Crippen LogP contribution in [0.25, 0.3) is 0 Å². The minimum atomic E-state index is 0.552. The van der Waals surface area contributed by atoms with Gasteiger partial charge in [-0.3, -0.25) is 0 Å². The lowest BCUT2D eigenvalue weighted by atomic mass is 10.2. The number of nitrogens with one attached hydrogen (secondary N) is 1. The van der Waals surface area contributed by atoms with E-state index in [-0.39, 0.29) is 0 Å². The summed E-state index contributed by atoms with van der Waals surface area (Å²) >= 11 is 0. The first kappa shape index (κ1) is 19.8. The number of hydrogen-bond acceptors (Lipinski definition) is 3. The third kappa shape index (κ3) is 6.05. The first-order chi connectivity index (χ1) is 13.9. The molecule has 1 N–H and O–H groups in total. The van der Waals surface area contributed by atoms with Crippen LogP contribution in [0.4, 0.5) is 5.69 Å². The first-order valence-corrected chi connectivity index (χ1v) is 10.1. The lowest BCUT2D eigenvalue weighted by molar-refractivity contribution is 0.303. The smallest absolute Gasteiger partial charge is 0.142 e. The minimum Gasteiger partial charge on any atom is -0.493 e. The molecule has 0 heterocycles. The molecule has 0 aliphatic heterocycles. The lowest BCUT2D eigenvalue weighted by Gasteiger charge is -2.15. The van der Waals surface area contributed by atoms with E-state index >= 15 is 0 Å². The molecule has 0 bridgehead atoms. The van der Waals surface area contributed by atoms with Crippen molar-refractivity contribution in [3.63, 3.8) is 0 Å². The van der Waals surface area contributed by atoms with Gasteiger partial charge in [-0.1, -0.05) is 80.4 Å². The van der Waals surface area contributed by atoms with Gasteiger partial charge in [0.15, 0.2) is 0 Å². The number of anilines is 1. The van der Waals surface area contributed by atoms with Gasteiger partial charge in [0.2, 0.25) is 0 Å². The van der Waals surface area contributed by atoms with Crippen LogP contribution in [0.15, 0.2) is 78.9 Å². The summed E-state index contributed by atoms with van der Waals surface area (Å²) in [5.74, 6) is 1.81. The zero-order valence-corrected chi connectivity index (χ0v) is 16.6. The molecule has 3 aromatic rings. The van der Waals surface area contributed by atoms with Crippen LogP contribution in [0.3, 0.4) is 0 Å².